The lowest BCUT2D eigenvalue weighted by atomic mass is 10.1. The first-order valence-electron chi connectivity index (χ1n) is 7.70. The summed E-state index contributed by atoms with van der Waals surface area (Å²) in [5, 5.41) is 13.7. The van der Waals surface area contributed by atoms with Gasteiger partial charge in [-0.15, -0.1) is 0 Å². The molecule has 1 saturated heterocycles. The number of likely N-dealkylation sites (N-methyl/N-ethyl adjacent to an activating group) is 1. The van der Waals surface area contributed by atoms with Crippen LogP contribution in [0.15, 0.2) is 18.2 Å². The molecule has 1 aliphatic heterocycles. The summed E-state index contributed by atoms with van der Waals surface area (Å²) in [6.45, 7) is 6.22. The maximum atomic E-state index is 13.0. The van der Waals surface area contributed by atoms with E-state index < -0.39 is 22.4 Å². The first-order valence-corrected chi connectivity index (χ1v) is 7.70. The average Bonchev–Trinajstić information content (AvgIpc) is 2.52. The monoisotopic (exact) mass is 346 g/mol. The molecule has 0 radical (unpaired) electrons. The molecule has 0 bridgehead atoms. The van der Waals surface area contributed by atoms with Crippen molar-refractivity contribution in [3.05, 3.63) is 33.9 Å². The number of anilines is 1. The molecule has 1 fully saturated rings. The Balaban J connectivity index is 2.03. The Labute approximate surface area is 138 Å². The van der Waals surface area contributed by atoms with E-state index in [4.69, 9.17) is 0 Å². The molecule has 134 valence electrons. The van der Waals surface area contributed by atoms with E-state index in [0.717, 1.165) is 38.3 Å². The molecule has 0 aromatic heterocycles. The molecule has 9 heteroatoms. The maximum Gasteiger partial charge on any atom is 0.423 e. The SMILES string of the molecule is CC(CNc1ccc([N+](=O)[O-])c(C(F)(F)F)c1)N1CCN(C)CC1. The molecule has 0 amide bonds. The molecule has 1 aliphatic rings. The van der Waals surface area contributed by atoms with Gasteiger partial charge in [-0.25, -0.2) is 0 Å². The van der Waals surface area contributed by atoms with Crippen molar-refractivity contribution < 1.29 is 18.1 Å². The van der Waals surface area contributed by atoms with Crippen LogP contribution in [0.2, 0.25) is 0 Å². The van der Waals surface area contributed by atoms with Gasteiger partial charge < -0.3 is 10.2 Å². The molecule has 0 aliphatic carbocycles. The molecule has 1 N–H and O–H groups in total. The molecule has 1 aromatic rings. The Morgan fingerprint density at radius 1 is 1.29 bits per heavy atom. The predicted octanol–water partition coefficient (Wildman–Crippen LogP) is 2.66. The lowest BCUT2D eigenvalue weighted by Crippen LogP contribution is -2.49. The number of piperazine rings is 1. The summed E-state index contributed by atoms with van der Waals surface area (Å²) in [4.78, 5) is 14.2. The summed E-state index contributed by atoms with van der Waals surface area (Å²) in [5.74, 6) is 0. The summed E-state index contributed by atoms with van der Waals surface area (Å²) in [6.07, 6.45) is -4.76. The molecule has 6 nitrogen and oxygen atoms in total. The summed E-state index contributed by atoms with van der Waals surface area (Å²) in [5.41, 5.74) is -1.93. The quantitative estimate of drug-likeness (QED) is 0.656. The topological polar surface area (TPSA) is 61.7 Å². The van der Waals surface area contributed by atoms with Crippen molar-refractivity contribution in [3.63, 3.8) is 0 Å². The van der Waals surface area contributed by atoms with Crippen LogP contribution in [-0.2, 0) is 6.18 Å². The zero-order valence-corrected chi connectivity index (χ0v) is 13.6. The van der Waals surface area contributed by atoms with Crippen LogP contribution in [0.4, 0.5) is 24.5 Å². The lowest BCUT2D eigenvalue weighted by molar-refractivity contribution is -0.388. The van der Waals surface area contributed by atoms with Gasteiger partial charge in [0, 0.05) is 50.5 Å². The number of nitrogens with one attached hydrogen (secondary N) is 1. The average molecular weight is 346 g/mol. The van der Waals surface area contributed by atoms with Crippen LogP contribution in [0.3, 0.4) is 0 Å². The van der Waals surface area contributed by atoms with E-state index in [1.807, 2.05) is 6.92 Å². The smallest absolute Gasteiger partial charge is 0.383 e. The standard InChI is InChI=1S/C15H21F3N4O2/c1-11(21-7-5-20(2)6-8-21)10-19-12-3-4-14(22(23)24)13(9-12)15(16,17)18/h3-4,9,11,19H,5-8,10H2,1-2H3. The van der Waals surface area contributed by atoms with Gasteiger partial charge in [0.15, 0.2) is 0 Å². The highest BCUT2D eigenvalue weighted by molar-refractivity contribution is 5.55. The minimum Gasteiger partial charge on any atom is -0.383 e. The molecule has 1 heterocycles. The van der Waals surface area contributed by atoms with Crippen molar-refractivity contribution in [1.29, 1.82) is 0 Å². The number of halogens is 3. The van der Waals surface area contributed by atoms with E-state index in [1.165, 1.54) is 6.07 Å². The predicted molar refractivity (Wildman–Crippen MR) is 85.1 cm³/mol. The Morgan fingerprint density at radius 2 is 1.92 bits per heavy atom. The number of alkyl halides is 3. The van der Waals surface area contributed by atoms with E-state index in [1.54, 1.807) is 0 Å². The zero-order valence-electron chi connectivity index (χ0n) is 13.6. The van der Waals surface area contributed by atoms with Crippen LogP contribution in [0.25, 0.3) is 0 Å². The van der Waals surface area contributed by atoms with E-state index in [0.29, 0.717) is 6.54 Å². The van der Waals surface area contributed by atoms with Crippen LogP contribution < -0.4 is 5.32 Å². The fourth-order valence-corrected chi connectivity index (χ4v) is 2.69. The Kier molecular flexibility index (Phi) is 5.66. The number of benzene rings is 1. The largest absolute Gasteiger partial charge is 0.423 e. The number of hydrogen-bond donors (Lipinski definition) is 1. The molecule has 1 aromatic carbocycles. The van der Waals surface area contributed by atoms with Gasteiger partial charge in [0.2, 0.25) is 0 Å². The number of nitro groups is 1. The number of nitro benzene ring substituents is 1. The third-order valence-corrected chi connectivity index (χ3v) is 4.26. The van der Waals surface area contributed by atoms with E-state index >= 15 is 0 Å². The van der Waals surface area contributed by atoms with Crippen LogP contribution in [0.1, 0.15) is 12.5 Å². The first-order chi connectivity index (χ1) is 11.2. The highest BCUT2D eigenvalue weighted by atomic mass is 19.4. The molecule has 2 rings (SSSR count). The molecule has 0 saturated carbocycles. The van der Waals surface area contributed by atoms with Crippen molar-refractivity contribution in [1.82, 2.24) is 9.80 Å². The Bertz CT molecular complexity index is 587. The highest BCUT2D eigenvalue weighted by Gasteiger charge is 2.38. The summed E-state index contributed by atoms with van der Waals surface area (Å²) in [6, 6.07) is 3.16. The molecule has 1 unspecified atom stereocenters. The van der Waals surface area contributed by atoms with Gasteiger partial charge in [0.25, 0.3) is 5.69 Å². The molecule has 0 spiro atoms. The summed E-state index contributed by atoms with van der Waals surface area (Å²) in [7, 11) is 2.05. The van der Waals surface area contributed by atoms with Crippen molar-refractivity contribution in [3.8, 4) is 0 Å². The van der Waals surface area contributed by atoms with Crippen molar-refractivity contribution in [2.75, 3.05) is 45.1 Å². The highest BCUT2D eigenvalue weighted by Crippen LogP contribution is 2.37. The Hall–Kier alpha value is -1.87. The minimum atomic E-state index is -4.76. The van der Waals surface area contributed by atoms with E-state index in [9.17, 15) is 23.3 Å². The van der Waals surface area contributed by atoms with E-state index in [-0.39, 0.29) is 11.7 Å². The van der Waals surface area contributed by atoms with Crippen LogP contribution in [-0.4, -0.2) is 60.5 Å². The zero-order chi connectivity index (χ0) is 17.9. The van der Waals surface area contributed by atoms with Crippen molar-refractivity contribution in [2.24, 2.45) is 0 Å². The van der Waals surface area contributed by atoms with Crippen molar-refractivity contribution >= 4 is 11.4 Å². The van der Waals surface area contributed by atoms with Gasteiger partial charge in [-0.2, -0.15) is 13.2 Å². The molecular formula is C15H21F3N4O2. The van der Waals surface area contributed by atoms with Gasteiger partial charge in [0.1, 0.15) is 5.56 Å². The Morgan fingerprint density at radius 3 is 2.46 bits per heavy atom. The van der Waals surface area contributed by atoms with Crippen LogP contribution in [0.5, 0.6) is 0 Å². The summed E-state index contributed by atoms with van der Waals surface area (Å²) >= 11 is 0. The second kappa shape index (κ2) is 7.35. The number of nitrogens with zero attached hydrogens (tertiary/aromatic N) is 3. The fourth-order valence-electron chi connectivity index (χ4n) is 2.69. The van der Waals surface area contributed by atoms with Crippen molar-refractivity contribution in [2.45, 2.75) is 19.1 Å². The summed E-state index contributed by atoms with van der Waals surface area (Å²) < 4.78 is 38.9. The lowest BCUT2D eigenvalue weighted by Gasteiger charge is -2.36. The second-order valence-electron chi connectivity index (χ2n) is 6.06. The van der Waals surface area contributed by atoms with Crippen LogP contribution in [0, 0.1) is 10.1 Å². The molecule has 1 atom stereocenters. The first kappa shape index (κ1) is 18.5. The third kappa shape index (κ3) is 4.57. The maximum absolute atomic E-state index is 13.0. The normalized spacial score (nSPS) is 18.4. The van der Waals surface area contributed by atoms with Gasteiger partial charge in [-0.3, -0.25) is 15.0 Å². The fraction of sp³-hybridized carbons (Fsp3) is 0.600. The third-order valence-electron chi connectivity index (χ3n) is 4.26. The molecule has 24 heavy (non-hydrogen) atoms. The van der Waals surface area contributed by atoms with Gasteiger partial charge in [0.05, 0.1) is 4.92 Å². The number of hydrogen-bond acceptors (Lipinski definition) is 5. The van der Waals surface area contributed by atoms with Gasteiger partial charge in [-0.1, -0.05) is 0 Å². The second-order valence-corrected chi connectivity index (χ2v) is 6.06. The minimum absolute atomic E-state index is 0.156. The van der Waals surface area contributed by atoms with E-state index in [2.05, 4.69) is 22.2 Å². The van der Waals surface area contributed by atoms with Gasteiger partial charge >= 0.3 is 6.18 Å². The molecular weight excluding hydrogens is 325 g/mol. The number of rotatable bonds is 5. The van der Waals surface area contributed by atoms with Gasteiger partial charge in [-0.05, 0) is 26.1 Å². The van der Waals surface area contributed by atoms with Crippen LogP contribution >= 0.6 is 0 Å².